The summed E-state index contributed by atoms with van der Waals surface area (Å²) in [6.07, 6.45) is 0. The van der Waals surface area contributed by atoms with Gasteiger partial charge in [-0.2, -0.15) is 0 Å². The number of para-hydroxylation sites is 1. The van der Waals surface area contributed by atoms with Crippen molar-refractivity contribution in [1.29, 1.82) is 0 Å². The minimum absolute atomic E-state index is 0.213. The van der Waals surface area contributed by atoms with Crippen molar-refractivity contribution < 1.29 is 0 Å². The van der Waals surface area contributed by atoms with Crippen molar-refractivity contribution in [3.05, 3.63) is 59.1 Å². The second kappa shape index (κ2) is 4.91. The molecule has 4 nitrogen and oxygen atoms in total. The van der Waals surface area contributed by atoms with Crippen LogP contribution in [-0.2, 0) is 5.66 Å². The van der Waals surface area contributed by atoms with Gasteiger partial charge < -0.3 is 15.5 Å². The van der Waals surface area contributed by atoms with Gasteiger partial charge in [0.15, 0.2) is 0 Å². The quantitative estimate of drug-likeness (QED) is 0.757. The molecule has 0 bridgehead atoms. The molecular weight excluding hydrogens is 284 g/mol. The number of fused-ring (bicyclic) bond motifs is 2. The molecule has 3 N–H and O–H groups in total. The van der Waals surface area contributed by atoms with Crippen molar-refractivity contribution in [1.82, 2.24) is 10.6 Å². The van der Waals surface area contributed by atoms with E-state index in [1.54, 1.807) is 0 Å². The van der Waals surface area contributed by atoms with Gasteiger partial charge in [0.25, 0.3) is 0 Å². The Morgan fingerprint density at radius 2 is 1.86 bits per heavy atom. The third-order valence-electron chi connectivity index (χ3n) is 4.29. The summed E-state index contributed by atoms with van der Waals surface area (Å²) >= 11 is 6.02. The average molecular weight is 301 g/mol. The molecule has 2 aromatic carbocycles. The number of halogens is 1. The van der Waals surface area contributed by atoms with Crippen LogP contribution in [0.5, 0.6) is 0 Å². The second-order valence-corrected chi connectivity index (χ2v) is 5.86. The van der Waals surface area contributed by atoms with Gasteiger partial charge in [0, 0.05) is 35.2 Å². The largest absolute Gasteiger partial charge is 0.367 e. The Morgan fingerprint density at radius 1 is 1.05 bits per heavy atom. The molecule has 1 unspecified atom stereocenters. The Labute approximate surface area is 129 Å². The summed E-state index contributed by atoms with van der Waals surface area (Å²) in [6.45, 7) is 2.43. The highest BCUT2D eigenvalue weighted by Gasteiger charge is 2.45. The Balaban J connectivity index is 1.83. The van der Waals surface area contributed by atoms with E-state index in [0.29, 0.717) is 0 Å². The van der Waals surface area contributed by atoms with E-state index in [4.69, 9.17) is 11.6 Å². The number of nitrogens with zero attached hydrogens (tertiary/aromatic N) is 1. The van der Waals surface area contributed by atoms with Gasteiger partial charge in [0.1, 0.15) is 5.66 Å². The third kappa shape index (κ3) is 1.99. The standard InChI is InChI=1S/C16H17ClN4/c17-12-5-7-13(8-6-12)21-11-19-15-4-2-1-3-14(15)16(21)9-18-10-20-16/h1-8,18-20H,9-11H2. The van der Waals surface area contributed by atoms with Crippen LogP contribution in [-0.4, -0.2) is 19.9 Å². The first-order chi connectivity index (χ1) is 10.3. The molecule has 2 aliphatic heterocycles. The highest BCUT2D eigenvalue weighted by molar-refractivity contribution is 6.30. The average Bonchev–Trinajstić information content (AvgIpc) is 2.99. The van der Waals surface area contributed by atoms with Crippen LogP contribution in [0, 0.1) is 0 Å². The molecule has 108 valence electrons. The van der Waals surface area contributed by atoms with E-state index in [0.717, 1.165) is 30.6 Å². The van der Waals surface area contributed by atoms with Crippen molar-refractivity contribution in [2.45, 2.75) is 5.66 Å². The first kappa shape index (κ1) is 13.0. The Kier molecular flexibility index (Phi) is 3.03. The molecule has 1 spiro atoms. The van der Waals surface area contributed by atoms with Gasteiger partial charge >= 0.3 is 0 Å². The topological polar surface area (TPSA) is 39.3 Å². The molecular formula is C16H17ClN4. The molecule has 0 amide bonds. The van der Waals surface area contributed by atoms with E-state index in [1.165, 1.54) is 11.3 Å². The molecule has 0 aliphatic carbocycles. The summed E-state index contributed by atoms with van der Waals surface area (Å²) in [4.78, 5) is 2.35. The van der Waals surface area contributed by atoms with Gasteiger partial charge in [0.05, 0.1) is 6.67 Å². The molecule has 2 heterocycles. The fraction of sp³-hybridized carbons (Fsp3) is 0.250. The van der Waals surface area contributed by atoms with Crippen LogP contribution in [0.2, 0.25) is 5.02 Å². The first-order valence-corrected chi connectivity index (χ1v) is 7.50. The smallest absolute Gasteiger partial charge is 0.134 e. The lowest BCUT2D eigenvalue weighted by molar-refractivity contribution is 0.384. The van der Waals surface area contributed by atoms with Gasteiger partial charge in [-0.1, -0.05) is 29.8 Å². The van der Waals surface area contributed by atoms with Crippen LogP contribution >= 0.6 is 11.6 Å². The molecule has 2 aromatic rings. The van der Waals surface area contributed by atoms with Crippen molar-refractivity contribution >= 4 is 23.0 Å². The monoisotopic (exact) mass is 300 g/mol. The minimum atomic E-state index is -0.213. The summed E-state index contributed by atoms with van der Waals surface area (Å²) in [5.74, 6) is 0. The predicted octanol–water partition coefficient (Wildman–Crippen LogP) is 2.53. The van der Waals surface area contributed by atoms with E-state index in [2.05, 4.69) is 57.2 Å². The maximum atomic E-state index is 6.02. The molecule has 0 radical (unpaired) electrons. The molecule has 2 aliphatic rings. The van der Waals surface area contributed by atoms with Crippen LogP contribution in [0.25, 0.3) is 0 Å². The Morgan fingerprint density at radius 3 is 2.62 bits per heavy atom. The number of hydrogen-bond donors (Lipinski definition) is 3. The number of benzene rings is 2. The zero-order chi connectivity index (χ0) is 14.3. The summed E-state index contributed by atoms with van der Waals surface area (Å²) in [5.41, 5.74) is 3.41. The summed E-state index contributed by atoms with van der Waals surface area (Å²) < 4.78 is 0. The first-order valence-electron chi connectivity index (χ1n) is 7.12. The molecule has 21 heavy (non-hydrogen) atoms. The Hall–Kier alpha value is -1.75. The van der Waals surface area contributed by atoms with Crippen molar-refractivity contribution in [2.75, 3.05) is 30.1 Å². The van der Waals surface area contributed by atoms with Crippen LogP contribution < -0.4 is 20.9 Å². The fourth-order valence-electron chi connectivity index (χ4n) is 3.27. The predicted molar refractivity (Wildman–Crippen MR) is 86.5 cm³/mol. The molecule has 0 saturated carbocycles. The van der Waals surface area contributed by atoms with Gasteiger partial charge in [-0.15, -0.1) is 0 Å². The van der Waals surface area contributed by atoms with Crippen LogP contribution in [0.4, 0.5) is 11.4 Å². The lowest BCUT2D eigenvalue weighted by Crippen LogP contribution is -2.59. The van der Waals surface area contributed by atoms with Gasteiger partial charge in [-0.3, -0.25) is 5.32 Å². The second-order valence-electron chi connectivity index (χ2n) is 5.43. The van der Waals surface area contributed by atoms with Gasteiger partial charge in [-0.25, -0.2) is 0 Å². The molecule has 4 rings (SSSR count). The van der Waals surface area contributed by atoms with Crippen LogP contribution in [0.3, 0.4) is 0 Å². The molecule has 1 saturated heterocycles. The zero-order valence-corrected chi connectivity index (χ0v) is 12.3. The maximum absolute atomic E-state index is 6.02. The van der Waals surface area contributed by atoms with Crippen molar-refractivity contribution in [3.8, 4) is 0 Å². The van der Waals surface area contributed by atoms with E-state index in [-0.39, 0.29) is 5.66 Å². The SMILES string of the molecule is Clc1ccc(N2CNc3ccccc3C23CNCN3)cc1. The summed E-state index contributed by atoms with van der Waals surface area (Å²) in [5, 5.41) is 11.3. The van der Waals surface area contributed by atoms with E-state index in [1.807, 2.05) is 12.1 Å². The highest BCUT2D eigenvalue weighted by Crippen LogP contribution is 2.39. The van der Waals surface area contributed by atoms with E-state index in [9.17, 15) is 0 Å². The maximum Gasteiger partial charge on any atom is 0.134 e. The summed E-state index contributed by atoms with van der Waals surface area (Å²) in [6, 6.07) is 16.5. The van der Waals surface area contributed by atoms with Crippen LogP contribution in [0.1, 0.15) is 5.56 Å². The minimum Gasteiger partial charge on any atom is -0.367 e. The number of hydrogen-bond acceptors (Lipinski definition) is 4. The molecule has 1 atom stereocenters. The normalized spacial score (nSPS) is 24.0. The van der Waals surface area contributed by atoms with Gasteiger partial charge in [0.2, 0.25) is 0 Å². The molecule has 0 aromatic heterocycles. The van der Waals surface area contributed by atoms with Crippen LogP contribution in [0.15, 0.2) is 48.5 Å². The molecule has 5 heteroatoms. The Bertz CT molecular complexity index is 650. The van der Waals surface area contributed by atoms with Gasteiger partial charge in [-0.05, 0) is 30.3 Å². The number of anilines is 2. The lowest BCUT2D eigenvalue weighted by Gasteiger charge is -2.47. The number of nitrogens with one attached hydrogen (secondary N) is 3. The lowest BCUT2D eigenvalue weighted by atomic mass is 9.93. The fourth-order valence-corrected chi connectivity index (χ4v) is 3.40. The van der Waals surface area contributed by atoms with E-state index < -0.39 is 0 Å². The third-order valence-corrected chi connectivity index (χ3v) is 4.54. The van der Waals surface area contributed by atoms with E-state index >= 15 is 0 Å². The van der Waals surface area contributed by atoms with Crippen molar-refractivity contribution in [3.63, 3.8) is 0 Å². The molecule has 1 fully saturated rings. The van der Waals surface area contributed by atoms with Crippen molar-refractivity contribution in [2.24, 2.45) is 0 Å². The zero-order valence-electron chi connectivity index (χ0n) is 11.6. The summed E-state index contributed by atoms with van der Waals surface area (Å²) in [7, 11) is 0. The highest BCUT2D eigenvalue weighted by atomic mass is 35.5. The number of rotatable bonds is 1.